The third kappa shape index (κ3) is 4.66. The maximum atomic E-state index is 12.5. The van der Waals surface area contributed by atoms with Crippen molar-refractivity contribution in [2.75, 3.05) is 17.7 Å². The van der Waals surface area contributed by atoms with Crippen LogP contribution in [0.1, 0.15) is 27.8 Å². The number of hydrogen-bond acceptors (Lipinski definition) is 6. The Hall–Kier alpha value is -3.74. The lowest BCUT2D eigenvalue weighted by molar-refractivity contribution is 0.100. The van der Waals surface area contributed by atoms with E-state index in [1.54, 1.807) is 37.4 Å². The van der Waals surface area contributed by atoms with E-state index in [0.29, 0.717) is 17.0 Å². The lowest BCUT2D eigenvalue weighted by atomic mass is 10.1. The van der Waals surface area contributed by atoms with E-state index in [1.165, 1.54) is 19.2 Å². The van der Waals surface area contributed by atoms with Crippen LogP contribution in [0, 0.1) is 0 Å². The number of carbonyl (C=O) groups excluding carboxylic acids is 2. The van der Waals surface area contributed by atoms with Crippen LogP contribution in [0.25, 0.3) is 0 Å². The maximum Gasteiger partial charge on any atom is 0.274 e. The van der Waals surface area contributed by atoms with E-state index in [-0.39, 0.29) is 17.4 Å². The van der Waals surface area contributed by atoms with Crippen LogP contribution in [0.15, 0.2) is 60.8 Å². The molecule has 0 radical (unpaired) electrons. The van der Waals surface area contributed by atoms with Gasteiger partial charge in [0.15, 0.2) is 5.78 Å². The van der Waals surface area contributed by atoms with Gasteiger partial charge in [-0.15, -0.1) is 0 Å². The number of rotatable bonds is 6. The average molecular weight is 362 g/mol. The molecule has 2 N–H and O–H groups in total. The third-order valence-corrected chi connectivity index (χ3v) is 3.74. The lowest BCUT2D eigenvalue weighted by Crippen LogP contribution is -2.15. The number of benzene rings is 2. The number of amides is 1. The SMILES string of the molecule is COc1cccc(Nc2nccc(C(=O)Nc3cccc(C(C)=O)c3)n2)c1. The molecule has 2 aromatic carbocycles. The third-order valence-electron chi connectivity index (χ3n) is 3.74. The van der Waals surface area contributed by atoms with Crippen molar-refractivity contribution in [1.82, 2.24) is 9.97 Å². The number of nitrogens with one attached hydrogen (secondary N) is 2. The molecule has 1 aromatic heterocycles. The van der Waals surface area contributed by atoms with Crippen LogP contribution >= 0.6 is 0 Å². The fourth-order valence-electron chi connectivity index (χ4n) is 2.39. The van der Waals surface area contributed by atoms with Crippen molar-refractivity contribution in [2.24, 2.45) is 0 Å². The van der Waals surface area contributed by atoms with Gasteiger partial charge < -0.3 is 15.4 Å². The molecule has 0 aliphatic heterocycles. The normalized spacial score (nSPS) is 10.1. The van der Waals surface area contributed by atoms with E-state index in [0.717, 1.165) is 5.69 Å². The van der Waals surface area contributed by atoms with Gasteiger partial charge in [-0.05, 0) is 37.3 Å². The minimum atomic E-state index is -0.396. The molecule has 0 spiro atoms. The summed E-state index contributed by atoms with van der Waals surface area (Å²) in [6, 6.07) is 15.5. The highest BCUT2D eigenvalue weighted by atomic mass is 16.5. The number of nitrogens with zero attached hydrogens (tertiary/aromatic N) is 2. The first kappa shape index (κ1) is 18.1. The highest BCUT2D eigenvalue weighted by molar-refractivity contribution is 6.04. The second-order valence-corrected chi connectivity index (χ2v) is 5.71. The topological polar surface area (TPSA) is 93.2 Å². The molecule has 0 saturated carbocycles. The first-order valence-electron chi connectivity index (χ1n) is 8.21. The molecule has 1 amide bonds. The van der Waals surface area contributed by atoms with Crippen molar-refractivity contribution in [3.05, 3.63) is 72.1 Å². The van der Waals surface area contributed by atoms with E-state index in [9.17, 15) is 9.59 Å². The number of anilines is 3. The molecule has 0 saturated heterocycles. The van der Waals surface area contributed by atoms with E-state index in [1.807, 2.05) is 18.2 Å². The number of carbonyl (C=O) groups is 2. The van der Waals surface area contributed by atoms with Gasteiger partial charge in [0.25, 0.3) is 5.91 Å². The number of ether oxygens (including phenoxy) is 1. The second-order valence-electron chi connectivity index (χ2n) is 5.71. The van der Waals surface area contributed by atoms with Gasteiger partial charge in [-0.2, -0.15) is 0 Å². The fourth-order valence-corrected chi connectivity index (χ4v) is 2.39. The van der Waals surface area contributed by atoms with Crippen molar-refractivity contribution in [3.63, 3.8) is 0 Å². The summed E-state index contributed by atoms with van der Waals surface area (Å²) in [5.41, 5.74) is 1.98. The summed E-state index contributed by atoms with van der Waals surface area (Å²) in [6.07, 6.45) is 1.50. The van der Waals surface area contributed by atoms with Gasteiger partial charge in [-0.3, -0.25) is 9.59 Å². The summed E-state index contributed by atoms with van der Waals surface area (Å²) in [5, 5.41) is 5.77. The predicted molar refractivity (Wildman–Crippen MR) is 103 cm³/mol. The zero-order chi connectivity index (χ0) is 19.2. The Morgan fingerprint density at radius 1 is 1.00 bits per heavy atom. The van der Waals surface area contributed by atoms with Crippen LogP contribution in [-0.4, -0.2) is 28.8 Å². The first-order valence-corrected chi connectivity index (χ1v) is 8.21. The lowest BCUT2D eigenvalue weighted by Gasteiger charge is -2.09. The van der Waals surface area contributed by atoms with Gasteiger partial charge in [0.2, 0.25) is 5.95 Å². The summed E-state index contributed by atoms with van der Waals surface area (Å²) < 4.78 is 5.18. The Bertz CT molecular complexity index is 988. The van der Waals surface area contributed by atoms with Crippen molar-refractivity contribution in [2.45, 2.75) is 6.92 Å². The quantitative estimate of drug-likeness (QED) is 0.650. The van der Waals surface area contributed by atoms with Gasteiger partial charge in [0.1, 0.15) is 11.4 Å². The van der Waals surface area contributed by atoms with Crippen LogP contribution < -0.4 is 15.4 Å². The van der Waals surface area contributed by atoms with Crippen LogP contribution in [0.2, 0.25) is 0 Å². The van der Waals surface area contributed by atoms with Crippen LogP contribution in [0.3, 0.4) is 0 Å². The molecule has 3 aromatic rings. The van der Waals surface area contributed by atoms with Crippen LogP contribution in [-0.2, 0) is 0 Å². The Balaban J connectivity index is 1.75. The van der Waals surface area contributed by atoms with Gasteiger partial charge in [0, 0.05) is 29.2 Å². The van der Waals surface area contributed by atoms with Crippen molar-refractivity contribution >= 4 is 29.0 Å². The molecule has 7 nitrogen and oxygen atoms in total. The Labute approximate surface area is 156 Å². The summed E-state index contributed by atoms with van der Waals surface area (Å²) in [7, 11) is 1.58. The number of ketones is 1. The standard InChI is InChI=1S/C20H18N4O3/c1-13(25)14-5-3-6-15(11-14)22-19(26)18-9-10-21-20(24-18)23-16-7-4-8-17(12-16)27-2/h3-12H,1-2H3,(H,22,26)(H,21,23,24). The molecule has 0 bridgehead atoms. The monoisotopic (exact) mass is 362 g/mol. The highest BCUT2D eigenvalue weighted by Gasteiger charge is 2.10. The fraction of sp³-hybridized carbons (Fsp3) is 0.100. The molecule has 0 atom stereocenters. The van der Waals surface area contributed by atoms with Gasteiger partial charge in [-0.25, -0.2) is 9.97 Å². The number of aromatic nitrogens is 2. The average Bonchev–Trinajstić information content (AvgIpc) is 2.68. The predicted octanol–water partition coefficient (Wildman–Crippen LogP) is 3.68. The summed E-state index contributed by atoms with van der Waals surface area (Å²) in [4.78, 5) is 32.3. The minimum Gasteiger partial charge on any atom is -0.497 e. The van der Waals surface area contributed by atoms with Crippen LogP contribution in [0.5, 0.6) is 5.75 Å². The second kappa shape index (κ2) is 8.09. The van der Waals surface area contributed by atoms with E-state index in [4.69, 9.17) is 4.74 Å². The largest absolute Gasteiger partial charge is 0.497 e. The molecular formula is C20H18N4O3. The zero-order valence-electron chi connectivity index (χ0n) is 14.9. The Morgan fingerprint density at radius 3 is 2.56 bits per heavy atom. The smallest absolute Gasteiger partial charge is 0.274 e. The van der Waals surface area contributed by atoms with Gasteiger partial charge in [0.05, 0.1) is 7.11 Å². The molecule has 0 aliphatic rings. The zero-order valence-corrected chi connectivity index (χ0v) is 14.9. The van der Waals surface area contributed by atoms with Gasteiger partial charge >= 0.3 is 0 Å². The number of methoxy groups -OCH3 is 1. The van der Waals surface area contributed by atoms with Gasteiger partial charge in [-0.1, -0.05) is 18.2 Å². The van der Waals surface area contributed by atoms with E-state index in [2.05, 4.69) is 20.6 Å². The molecular weight excluding hydrogens is 344 g/mol. The summed E-state index contributed by atoms with van der Waals surface area (Å²) in [5.74, 6) is 0.511. The molecule has 0 aliphatic carbocycles. The molecule has 136 valence electrons. The first-order chi connectivity index (χ1) is 13.0. The molecule has 27 heavy (non-hydrogen) atoms. The molecule has 1 heterocycles. The van der Waals surface area contributed by atoms with Crippen molar-refractivity contribution in [1.29, 1.82) is 0 Å². The Kier molecular flexibility index (Phi) is 5.41. The van der Waals surface area contributed by atoms with Crippen LogP contribution in [0.4, 0.5) is 17.3 Å². The molecule has 0 fully saturated rings. The highest BCUT2D eigenvalue weighted by Crippen LogP contribution is 2.19. The number of Topliss-reactive ketones (excluding diaryl/α,β-unsaturated/α-hetero) is 1. The summed E-state index contributed by atoms with van der Waals surface area (Å²) >= 11 is 0. The maximum absolute atomic E-state index is 12.5. The molecule has 0 unspecified atom stereocenters. The minimum absolute atomic E-state index is 0.0714. The summed E-state index contributed by atoms with van der Waals surface area (Å²) in [6.45, 7) is 1.47. The molecule has 7 heteroatoms. The Morgan fingerprint density at radius 2 is 1.78 bits per heavy atom. The van der Waals surface area contributed by atoms with E-state index < -0.39 is 5.91 Å². The van der Waals surface area contributed by atoms with Crippen molar-refractivity contribution < 1.29 is 14.3 Å². The van der Waals surface area contributed by atoms with Crippen molar-refractivity contribution in [3.8, 4) is 5.75 Å². The van der Waals surface area contributed by atoms with E-state index >= 15 is 0 Å². The number of hydrogen-bond donors (Lipinski definition) is 2. The molecule has 3 rings (SSSR count).